The van der Waals surface area contributed by atoms with Gasteiger partial charge in [0.15, 0.2) is 0 Å². The first-order valence-electron chi connectivity index (χ1n) is 17.4. The second-order valence-electron chi connectivity index (χ2n) is 13.8. The molecule has 0 unspecified atom stereocenters. The van der Waals surface area contributed by atoms with Gasteiger partial charge in [0.1, 0.15) is 11.5 Å². The molecule has 0 fully saturated rings. The van der Waals surface area contributed by atoms with Crippen LogP contribution in [0.3, 0.4) is 0 Å². The normalized spacial score (nSPS) is 12.8. The Morgan fingerprint density at radius 2 is 0.852 bits per heavy atom. The smallest absolute Gasteiger partial charge is 0.411 e. The van der Waals surface area contributed by atoms with Crippen molar-refractivity contribution in [3.63, 3.8) is 0 Å². The van der Waals surface area contributed by atoms with Crippen molar-refractivity contribution < 1.29 is 72.5 Å². The third-order valence-corrected chi connectivity index (χ3v) is 10.1. The van der Waals surface area contributed by atoms with Gasteiger partial charge in [-0.3, -0.25) is 15.3 Å². The van der Waals surface area contributed by atoms with E-state index in [-0.39, 0.29) is 23.4 Å². The monoisotopic (exact) mass is 871 g/mol. The molecule has 6 N–H and O–H groups in total. The van der Waals surface area contributed by atoms with Crippen molar-refractivity contribution >= 4 is 34.6 Å². The van der Waals surface area contributed by atoms with E-state index < -0.39 is 109 Å². The lowest BCUT2D eigenvalue weighted by Crippen LogP contribution is -2.54. The molecule has 323 valence electrons. The molecule has 5 aromatic rings. The molecule has 0 heterocycles. The highest BCUT2D eigenvalue weighted by atomic mass is 19.4. The maximum Gasteiger partial charge on any atom is 0.411 e. The number of amides is 2. The Morgan fingerprint density at radius 1 is 0.492 bits per heavy atom. The average Bonchev–Trinajstić information content (AvgIpc) is 3.14. The molecule has 0 aliphatic carbocycles. The minimum Gasteiger partial charge on any atom is -0.506 e. The zero-order chi connectivity index (χ0) is 45.7. The number of hydrogen-bond donors (Lipinski definition) is 5. The molecule has 1 radical (unpaired) electrons. The summed E-state index contributed by atoms with van der Waals surface area (Å²) >= 11 is 0. The first kappa shape index (κ1) is 45.5. The number of hydrogen-bond acceptors (Lipinski definition) is 5. The first-order valence-corrected chi connectivity index (χ1v) is 17.4. The molecule has 0 saturated heterocycles. The van der Waals surface area contributed by atoms with Crippen LogP contribution in [0.25, 0.3) is 0 Å². The summed E-state index contributed by atoms with van der Waals surface area (Å²) in [5, 5.41) is 26.9. The van der Waals surface area contributed by atoms with Gasteiger partial charge in [0.2, 0.25) is 10.8 Å². The van der Waals surface area contributed by atoms with Crippen molar-refractivity contribution in [3.05, 3.63) is 142 Å². The lowest BCUT2D eigenvalue weighted by atomic mass is 9.72. The molecular weight excluding hydrogens is 840 g/mol. The van der Waals surface area contributed by atoms with Crippen LogP contribution in [0.2, 0.25) is 0 Å². The fraction of sp³-hybridized carbons (Fsp3) is 0.220. The van der Waals surface area contributed by atoms with Crippen LogP contribution in [0.1, 0.15) is 54.1 Å². The van der Waals surface area contributed by atoms with Crippen molar-refractivity contribution in [1.29, 1.82) is 0 Å². The Morgan fingerprint density at radius 3 is 1.28 bits per heavy atom. The molecule has 5 rings (SSSR count). The van der Waals surface area contributed by atoms with E-state index in [2.05, 4.69) is 10.6 Å². The predicted octanol–water partition coefficient (Wildman–Crippen LogP) is 11.0. The van der Waals surface area contributed by atoms with Gasteiger partial charge in [0, 0.05) is 29.5 Å². The number of phenols is 2. The number of anilines is 3. The van der Waals surface area contributed by atoms with Gasteiger partial charge in [-0.2, -0.15) is 52.7 Å². The van der Waals surface area contributed by atoms with Gasteiger partial charge in [0.25, 0.3) is 11.8 Å². The number of rotatable bonds is 9. The van der Waals surface area contributed by atoms with E-state index in [0.717, 1.165) is 36.4 Å². The summed E-state index contributed by atoms with van der Waals surface area (Å²) in [6.07, 6.45) is -24.3. The molecule has 0 atom stereocenters. The Hall–Kier alpha value is -6.60. The number of alkyl halides is 12. The molecule has 0 aliphatic rings. The molecule has 0 saturated carbocycles. The maximum absolute atomic E-state index is 14.9. The Kier molecular flexibility index (Phi) is 11.8. The lowest BCUT2D eigenvalue weighted by molar-refractivity contribution is -0.290. The minimum atomic E-state index is -6.10. The second-order valence-corrected chi connectivity index (χ2v) is 13.8. The molecule has 5 aromatic carbocycles. The third kappa shape index (κ3) is 7.93. The summed E-state index contributed by atoms with van der Waals surface area (Å²) < 4.78 is 178. The van der Waals surface area contributed by atoms with Gasteiger partial charge >= 0.3 is 24.7 Å². The minimum absolute atomic E-state index is 0.0342. The number of carbonyl (C=O) groups is 2. The summed E-state index contributed by atoms with van der Waals surface area (Å²) in [7, 11) is 1.29. The van der Waals surface area contributed by atoms with Gasteiger partial charge in [-0.05, 0) is 102 Å². The van der Waals surface area contributed by atoms with Gasteiger partial charge in [0.05, 0.1) is 11.4 Å². The largest absolute Gasteiger partial charge is 0.506 e. The van der Waals surface area contributed by atoms with E-state index in [0.29, 0.717) is 54.1 Å². The van der Waals surface area contributed by atoms with Crippen LogP contribution < -0.4 is 21.7 Å². The van der Waals surface area contributed by atoms with Gasteiger partial charge in [-0.15, -0.1) is 0 Å². The fourth-order valence-electron chi connectivity index (χ4n) is 6.91. The molecular formula is C41H31F12N4O4. The Balaban J connectivity index is 1.51. The van der Waals surface area contributed by atoms with Crippen molar-refractivity contribution in [2.24, 2.45) is 0 Å². The zero-order valence-corrected chi connectivity index (χ0v) is 31.5. The highest BCUT2D eigenvalue weighted by Gasteiger charge is 2.74. The van der Waals surface area contributed by atoms with E-state index in [1.807, 2.05) is 5.32 Å². The van der Waals surface area contributed by atoms with Crippen LogP contribution in [-0.2, 0) is 10.8 Å². The van der Waals surface area contributed by atoms with Crippen molar-refractivity contribution in [2.45, 2.75) is 49.4 Å². The summed E-state index contributed by atoms with van der Waals surface area (Å²) in [5.74, 6) is -4.33. The zero-order valence-electron chi connectivity index (χ0n) is 31.5. The number of halogens is 12. The van der Waals surface area contributed by atoms with Crippen LogP contribution in [0.4, 0.5) is 75.4 Å². The highest BCUT2D eigenvalue weighted by molar-refractivity contribution is 6.09. The van der Waals surface area contributed by atoms with Crippen LogP contribution in [0.15, 0.2) is 97.1 Å². The molecule has 0 aliphatic heterocycles. The predicted molar refractivity (Wildman–Crippen MR) is 199 cm³/mol. The van der Waals surface area contributed by atoms with Crippen molar-refractivity contribution in [1.82, 2.24) is 5.73 Å². The molecule has 8 nitrogen and oxygen atoms in total. The first-order chi connectivity index (χ1) is 28.1. The van der Waals surface area contributed by atoms with E-state index in [9.17, 15) is 72.5 Å². The average molecular weight is 872 g/mol. The standard InChI is InChI=1S/C41H31F12N4O4/c1-20-7-9-25(17-29(20)55-3)37(40(48,49)50,41(51,52)53)27-12-14-33(59)31(19-27)57-35(61)23-6-4-5-22(15-23)34(60)56-30-18-26(10-8-21(30)2)36(38(42,43)44,39(45,46)47)24-11-13-32(58)28(54)16-24/h4-19,54-55,58-59H,1-3H3,(H,56,60)(H,57,61). The van der Waals surface area contributed by atoms with E-state index in [4.69, 9.17) is 5.73 Å². The maximum atomic E-state index is 14.9. The van der Waals surface area contributed by atoms with Crippen LogP contribution >= 0.6 is 0 Å². The van der Waals surface area contributed by atoms with Gasteiger partial charge in [-0.25, -0.2) is 0 Å². The summed E-state index contributed by atoms with van der Waals surface area (Å²) in [5.41, 5.74) is -10.6. The van der Waals surface area contributed by atoms with Crippen LogP contribution in [-0.4, -0.2) is 53.8 Å². The molecule has 61 heavy (non-hydrogen) atoms. The van der Waals surface area contributed by atoms with E-state index in [1.165, 1.54) is 20.9 Å². The molecule has 0 spiro atoms. The van der Waals surface area contributed by atoms with E-state index in [1.54, 1.807) is 0 Å². The molecule has 20 heteroatoms. The fourth-order valence-corrected chi connectivity index (χ4v) is 6.91. The van der Waals surface area contributed by atoms with Crippen LogP contribution in [0, 0.1) is 13.8 Å². The molecule has 0 aromatic heterocycles. The van der Waals surface area contributed by atoms with Crippen molar-refractivity contribution in [2.75, 3.05) is 23.0 Å². The number of benzene rings is 5. The van der Waals surface area contributed by atoms with Gasteiger partial charge < -0.3 is 26.2 Å². The van der Waals surface area contributed by atoms with E-state index >= 15 is 0 Å². The molecule has 2 amide bonds. The Labute approximate surface area is 338 Å². The SMILES string of the molecule is CNc1cc(C(c2ccc(O)c(NC(=O)c3cccc(C(=O)Nc4cc(C(c5ccc(O)c([NH])c5)(C(F)(F)F)C(F)(F)F)ccc4C)c3)c2)(C(F)(F)F)C(F)(F)F)ccc1C. The lowest BCUT2D eigenvalue weighted by Gasteiger charge is -2.38. The van der Waals surface area contributed by atoms with Crippen LogP contribution in [0.5, 0.6) is 11.5 Å². The number of aromatic hydroxyl groups is 2. The number of phenolic OH excluding ortho intramolecular Hbond substituents is 2. The summed E-state index contributed by atoms with van der Waals surface area (Å²) in [4.78, 5) is 26.8. The topological polar surface area (TPSA) is 134 Å². The number of aryl methyl sites for hydroxylation is 2. The number of nitrogens with one attached hydrogen (secondary N) is 4. The Bertz CT molecular complexity index is 2470. The third-order valence-electron chi connectivity index (χ3n) is 10.1. The van der Waals surface area contributed by atoms with Crippen molar-refractivity contribution in [3.8, 4) is 11.5 Å². The second kappa shape index (κ2) is 15.8. The highest BCUT2D eigenvalue weighted by Crippen LogP contribution is 2.59. The summed E-state index contributed by atoms with van der Waals surface area (Å²) in [6, 6.07) is 10.4. The molecule has 0 bridgehead atoms. The summed E-state index contributed by atoms with van der Waals surface area (Å²) in [6.45, 7) is 2.68. The quantitative estimate of drug-likeness (QED) is 0.0743. The van der Waals surface area contributed by atoms with Gasteiger partial charge in [-0.1, -0.05) is 42.5 Å². The number of carbonyl (C=O) groups excluding carboxylic acids is 2.